The minimum absolute atomic E-state index is 0.123. The lowest BCUT2D eigenvalue weighted by Gasteiger charge is -2.45. The van der Waals surface area contributed by atoms with Crippen molar-refractivity contribution in [3.8, 4) is 0 Å². The van der Waals surface area contributed by atoms with Crippen molar-refractivity contribution in [3.63, 3.8) is 0 Å². The van der Waals surface area contributed by atoms with Gasteiger partial charge in [0.15, 0.2) is 0 Å². The Morgan fingerprint density at radius 2 is 1.62 bits per heavy atom. The number of aliphatic hydroxyl groups is 1. The van der Waals surface area contributed by atoms with Crippen LogP contribution < -0.4 is 5.19 Å². The third-order valence-corrected chi connectivity index (χ3v) is 14.3. The van der Waals surface area contributed by atoms with Crippen molar-refractivity contribution in [3.05, 3.63) is 64.9 Å². The average Bonchev–Trinajstić information content (AvgIpc) is 2.82. The van der Waals surface area contributed by atoms with Gasteiger partial charge in [0, 0.05) is 0 Å². The maximum absolute atomic E-state index is 14.0. The lowest BCUT2D eigenvalue weighted by atomic mass is 9.70. The molecule has 2 aliphatic rings. The molecule has 1 N–H and O–H groups in total. The predicted molar refractivity (Wildman–Crippen MR) is 136 cm³/mol. The van der Waals surface area contributed by atoms with Gasteiger partial charge in [0.2, 0.25) is 0 Å². The number of hydrogen-bond acceptors (Lipinski definition) is 1. The fourth-order valence-electron chi connectivity index (χ4n) is 6.52. The van der Waals surface area contributed by atoms with Crippen molar-refractivity contribution < 1.29 is 9.50 Å². The summed E-state index contributed by atoms with van der Waals surface area (Å²) in [4.78, 5) is 0. The van der Waals surface area contributed by atoms with Gasteiger partial charge in [-0.15, -0.1) is 0 Å². The monoisotopic (exact) mass is 472 g/mol. The van der Waals surface area contributed by atoms with Gasteiger partial charge in [0.25, 0.3) is 0 Å². The Morgan fingerprint density at radius 1 is 0.969 bits per heavy atom. The maximum atomic E-state index is 14.0. The lowest BCUT2D eigenvalue weighted by molar-refractivity contribution is -0.0233. The van der Waals surface area contributed by atoms with Gasteiger partial charge >= 0.3 is 0 Å². The van der Waals surface area contributed by atoms with Crippen LogP contribution in [-0.4, -0.2) is 13.2 Å². The smallest absolute Gasteiger partial charge is 0.142 e. The molecule has 0 unspecified atom stereocenters. The second-order valence-electron chi connectivity index (χ2n) is 10.4. The highest BCUT2D eigenvalue weighted by atomic mass is 35.5. The zero-order chi connectivity index (χ0) is 22.6. The summed E-state index contributed by atoms with van der Waals surface area (Å²) in [5.41, 5.74) is -0.216. The Bertz CT molecular complexity index is 870. The third-order valence-electron chi connectivity index (χ3n) is 8.61. The Morgan fingerprint density at radius 3 is 2.25 bits per heavy atom. The predicted octanol–water partition coefficient (Wildman–Crippen LogP) is 7.81. The molecule has 4 rings (SSSR count). The zero-order valence-corrected chi connectivity index (χ0v) is 21.2. The van der Waals surface area contributed by atoms with E-state index < -0.39 is 19.5 Å². The van der Waals surface area contributed by atoms with Crippen molar-refractivity contribution in [1.82, 2.24) is 0 Å². The van der Waals surface area contributed by atoms with Crippen LogP contribution in [0.15, 0.2) is 48.5 Å². The first-order chi connectivity index (χ1) is 15.5. The summed E-state index contributed by atoms with van der Waals surface area (Å²) in [5, 5.41) is 13.0. The molecule has 4 heteroatoms. The quantitative estimate of drug-likeness (QED) is 0.321. The van der Waals surface area contributed by atoms with E-state index in [4.69, 9.17) is 11.6 Å². The van der Waals surface area contributed by atoms with Gasteiger partial charge in [-0.2, -0.15) is 0 Å². The number of benzene rings is 2. The van der Waals surface area contributed by atoms with Gasteiger partial charge in [-0.1, -0.05) is 110 Å². The van der Waals surface area contributed by atoms with E-state index in [-0.39, 0.29) is 5.02 Å². The highest BCUT2D eigenvalue weighted by molar-refractivity contribution is 6.92. The molecule has 2 aromatic rings. The molecular formula is C28H38ClFOSi. The lowest BCUT2D eigenvalue weighted by Crippen LogP contribution is -2.50. The van der Waals surface area contributed by atoms with E-state index in [0.29, 0.717) is 11.5 Å². The Kier molecular flexibility index (Phi) is 7.79. The van der Waals surface area contributed by atoms with E-state index >= 15 is 0 Å². The Hall–Kier alpha value is -1.16. The molecule has 1 aliphatic heterocycles. The summed E-state index contributed by atoms with van der Waals surface area (Å²) >= 11 is 5.84. The summed E-state index contributed by atoms with van der Waals surface area (Å²) in [6.07, 6.45) is 10.3. The Labute approximate surface area is 199 Å². The fourth-order valence-corrected chi connectivity index (χ4v) is 11.9. The molecule has 0 amide bonds. The Balaban J connectivity index is 1.38. The highest BCUT2D eigenvalue weighted by Crippen LogP contribution is 2.47. The molecule has 1 nitrogen and oxygen atoms in total. The average molecular weight is 473 g/mol. The van der Waals surface area contributed by atoms with E-state index in [1.165, 1.54) is 56.3 Å². The van der Waals surface area contributed by atoms with Gasteiger partial charge in [-0.25, -0.2) is 4.39 Å². The van der Waals surface area contributed by atoms with Crippen LogP contribution in [0.4, 0.5) is 4.39 Å². The van der Waals surface area contributed by atoms with Crippen LogP contribution in [0.25, 0.3) is 0 Å². The molecule has 0 spiro atoms. The van der Waals surface area contributed by atoms with Crippen molar-refractivity contribution in [2.45, 2.75) is 88.4 Å². The minimum atomic E-state index is -1.40. The number of halogens is 2. The molecule has 1 heterocycles. The van der Waals surface area contributed by atoms with Crippen LogP contribution in [0.2, 0.25) is 23.2 Å². The van der Waals surface area contributed by atoms with Crippen LogP contribution in [0.3, 0.4) is 0 Å². The second-order valence-corrected chi connectivity index (χ2v) is 15.5. The normalized spacial score (nSPS) is 30.9. The molecule has 2 fully saturated rings. The molecule has 0 bridgehead atoms. The topological polar surface area (TPSA) is 20.2 Å². The van der Waals surface area contributed by atoms with E-state index in [1.54, 1.807) is 17.3 Å². The standard InChI is InChI=1S/C28H38ClFOSi/c1-2-3-7-18-32(25-8-5-4-6-9-25)19-14-23(15-20-32)22-12-16-28(31,17-13-22)24-10-11-26(29)27(30)21-24/h4-6,8-11,21-23,31H,2-3,7,12-20H2,1H3. The summed E-state index contributed by atoms with van der Waals surface area (Å²) in [6, 6.07) is 20.5. The summed E-state index contributed by atoms with van der Waals surface area (Å²) < 4.78 is 14.0. The molecular weight excluding hydrogens is 435 g/mol. The number of hydrogen-bond donors (Lipinski definition) is 1. The van der Waals surface area contributed by atoms with Gasteiger partial charge in [0.1, 0.15) is 5.82 Å². The molecule has 32 heavy (non-hydrogen) atoms. The number of rotatable bonds is 7. The molecule has 0 radical (unpaired) electrons. The van der Waals surface area contributed by atoms with E-state index in [9.17, 15) is 9.50 Å². The molecule has 0 atom stereocenters. The zero-order valence-electron chi connectivity index (χ0n) is 19.5. The molecule has 2 aromatic carbocycles. The maximum Gasteiger partial charge on any atom is 0.142 e. The molecule has 0 aromatic heterocycles. The van der Waals surface area contributed by atoms with Crippen LogP contribution in [0.1, 0.15) is 70.3 Å². The van der Waals surface area contributed by atoms with Gasteiger partial charge in [-0.3, -0.25) is 0 Å². The first-order valence-corrected chi connectivity index (χ1v) is 15.7. The van der Waals surface area contributed by atoms with Gasteiger partial charge in [-0.05, 0) is 55.2 Å². The molecule has 174 valence electrons. The highest BCUT2D eigenvalue weighted by Gasteiger charge is 2.43. The minimum Gasteiger partial charge on any atom is -0.385 e. The van der Waals surface area contributed by atoms with Crippen molar-refractivity contribution in [2.24, 2.45) is 11.8 Å². The first-order valence-electron chi connectivity index (χ1n) is 12.7. The van der Waals surface area contributed by atoms with Crippen molar-refractivity contribution >= 4 is 24.9 Å². The van der Waals surface area contributed by atoms with Crippen molar-refractivity contribution in [2.75, 3.05) is 0 Å². The first kappa shape index (κ1) is 24.0. The molecule has 1 aliphatic carbocycles. The summed E-state index contributed by atoms with van der Waals surface area (Å²) in [7, 11) is -1.40. The van der Waals surface area contributed by atoms with E-state index in [2.05, 4.69) is 37.3 Å². The molecule has 1 saturated carbocycles. The van der Waals surface area contributed by atoms with E-state index in [0.717, 1.165) is 31.6 Å². The summed E-state index contributed by atoms with van der Waals surface area (Å²) in [5.74, 6) is 1.06. The number of unbranched alkanes of at least 4 members (excludes halogenated alkanes) is 2. The fraction of sp³-hybridized carbons (Fsp3) is 0.571. The van der Waals surface area contributed by atoms with Gasteiger partial charge < -0.3 is 5.11 Å². The van der Waals surface area contributed by atoms with Crippen molar-refractivity contribution in [1.29, 1.82) is 0 Å². The largest absolute Gasteiger partial charge is 0.385 e. The van der Waals surface area contributed by atoms with Gasteiger partial charge in [0.05, 0.1) is 18.7 Å². The van der Waals surface area contributed by atoms with Crippen LogP contribution in [-0.2, 0) is 5.60 Å². The SMILES string of the molecule is CCCCC[Si]1(c2ccccc2)CCC(C2CCC(O)(c3ccc(Cl)c(F)c3)CC2)CC1. The summed E-state index contributed by atoms with van der Waals surface area (Å²) in [6.45, 7) is 2.30. The third kappa shape index (κ3) is 5.16. The second kappa shape index (κ2) is 10.4. The van der Waals surface area contributed by atoms with E-state index in [1.807, 2.05) is 0 Å². The van der Waals surface area contributed by atoms with Crippen LogP contribution >= 0.6 is 11.6 Å². The molecule has 1 saturated heterocycles. The van der Waals surface area contributed by atoms with Crippen LogP contribution in [0, 0.1) is 17.7 Å². The van der Waals surface area contributed by atoms with Crippen LogP contribution in [0.5, 0.6) is 0 Å².